The molecule has 0 spiro atoms. The lowest BCUT2D eigenvalue weighted by Gasteiger charge is -2.33. The average molecular weight is 371 g/mol. The Morgan fingerprint density at radius 3 is 2.30 bits per heavy atom. The lowest BCUT2D eigenvalue weighted by atomic mass is 9.87. The maximum Gasteiger partial charge on any atom is 0.343 e. The molecule has 0 saturated heterocycles. The molecular weight excluding hydrogens is 342 g/mol. The number of pyridine rings is 1. The van der Waals surface area contributed by atoms with Gasteiger partial charge in [-0.25, -0.2) is 4.79 Å². The number of hydrogen-bond donors (Lipinski definition) is 1. The number of ether oxygens (including phenoxy) is 2. The largest absolute Gasteiger partial charge is 0.421 e. The van der Waals surface area contributed by atoms with Crippen LogP contribution in [-0.2, 0) is 10.3 Å². The summed E-state index contributed by atoms with van der Waals surface area (Å²) in [6.07, 6.45) is 5.29. The van der Waals surface area contributed by atoms with Gasteiger partial charge in [-0.2, -0.15) is 0 Å². The second kappa shape index (κ2) is 9.11. The van der Waals surface area contributed by atoms with Crippen LogP contribution < -0.4 is 4.74 Å². The van der Waals surface area contributed by atoms with Crippen LogP contribution in [0.4, 0.5) is 0 Å². The summed E-state index contributed by atoms with van der Waals surface area (Å²) in [6.45, 7) is 8.18. The summed E-state index contributed by atoms with van der Waals surface area (Å²) in [5, 5.41) is 9.91. The second-order valence-electron chi connectivity index (χ2n) is 7.27. The Hall–Kier alpha value is -2.24. The van der Waals surface area contributed by atoms with Gasteiger partial charge in [-0.15, -0.1) is 0 Å². The summed E-state index contributed by atoms with van der Waals surface area (Å²) in [7, 11) is 0. The summed E-state index contributed by atoms with van der Waals surface area (Å²) in [6, 6.07) is 10.7. The van der Waals surface area contributed by atoms with Gasteiger partial charge >= 0.3 is 5.97 Å². The molecule has 0 aliphatic carbocycles. The number of rotatable bonds is 9. The Morgan fingerprint density at radius 1 is 1.11 bits per heavy atom. The predicted octanol–water partition coefficient (Wildman–Crippen LogP) is 4.49. The molecular formula is C22H29NO4. The van der Waals surface area contributed by atoms with E-state index in [1.54, 1.807) is 44.3 Å². The van der Waals surface area contributed by atoms with Crippen molar-refractivity contribution in [2.75, 3.05) is 6.61 Å². The minimum absolute atomic E-state index is 0.415. The molecule has 0 atom stereocenters. The van der Waals surface area contributed by atoms with Crippen molar-refractivity contribution in [1.82, 2.24) is 4.98 Å². The van der Waals surface area contributed by atoms with Crippen molar-refractivity contribution in [2.45, 2.75) is 58.2 Å². The predicted molar refractivity (Wildman–Crippen MR) is 105 cm³/mol. The zero-order valence-electron chi connectivity index (χ0n) is 16.6. The highest BCUT2D eigenvalue weighted by molar-refractivity contribution is 5.91. The number of aromatic nitrogens is 1. The van der Waals surface area contributed by atoms with Gasteiger partial charge in [-0.3, -0.25) is 4.98 Å². The third-order valence-electron chi connectivity index (χ3n) is 4.73. The molecule has 1 heterocycles. The molecule has 0 aliphatic rings. The summed E-state index contributed by atoms with van der Waals surface area (Å²) in [5.74, 6) is -0.00548. The summed E-state index contributed by atoms with van der Waals surface area (Å²) in [4.78, 5) is 16.2. The highest BCUT2D eigenvalue weighted by atomic mass is 16.5. The standard InChI is InChI=1S/C22H29NO4/c1-5-22(6-2,26-15-13-21(3,4)25)18-11-9-17(10-12-18)20(24)27-19-8-7-14-23-16-19/h7-12,14,16,25H,5-6,13,15H2,1-4H3. The van der Waals surface area contributed by atoms with Crippen molar-refractivity contribution in [3.05, 3.63) is 59.9 Å². The van der Waals surface area contributed by atoms with Crippen LogP contribution in [-0.4, -0.2) is 28.3 Å². The van der Waals surface area contributed by atoms with Gasteiger partial charge in [0.2, 0.25) is 0 Å². The first-order chi connectivity index (χ1) is 12.8. The molecule has 0 unspecified atom stereocenters. The van der Waals surface area contributed by atoms with E-state index in [9.17, 15) is 9.90 Å². The van der Waals surface area contributed by atoms with E-state index in [2.05, 4.69) is 18.8 Å². The van der Waals surface area contributed by atoms with E-state index < -0.39 is 17.2 Å². The van der Waals surface area contributed by atoms with E-state index in [1.165, 1.54) is 6.20 Å². The molecule has 0 saturated carbocycles. The third-order valence-corrected chi connectivity index (χ3v) is 4.73. The third kappa shape index (κ3) is 5.88. The molecule has 0 aliphatic heterocycles. The van der Waals surface area contributed by atoms with Crippen LogP contribution >= 0.6 is 0 Å². The maximum atomic E-state index is 12.3. The lowest BCUT2D eigenvalue weighted by Crippen LogP contribution is -2.31. The van der Waals surface area contributed by atoms with Crippen molar-refractivity contribution in [1.29, 1.82) is 0 Å². The van der Waals surface area contributed by atoms with E-state index in [0.29, 0.717) is 24.3 Å². The molecule has 1 N–H and O–H groups in total. The van der Waals surface area contributed by atoms with Gasteiger partial charge in [0, 0.05) is 6.20 Å². The number of carbonyl (C=O) groups excluding carboxylic acids is 1. The minimum atomic E-state index is -0.757. The van der Waals surface area contributed by atoms with E-state index in [-0.39, 0.29) is 0 Å². The first kappa shape index (κ1) is 21.1. The fourth-order valence-corrected chi connectivity index (χ4v) is 2.93. The lowest BCUT2D eigenvalue weighted by molar-refractivity contribution is -0.0766. The Kier molecular flexibility index (Phi) is 7.11. The second-order valence-corrected chi connectivity index (χ2v) is 7.27. The fraction of sp³-hybridized carbons (Fsp3) is 0.455. The van der Waals surface area contributed by atoms with Crippen molar-refractivity contribution < 1.29 is 19.4 Å². The zero-order valence-corrected chi connectivity index (χ0v) is 16.6. The first-order valence-electron chi connectivity index (χ1n) is 9.39. The van der Waals surface area contributed by atoms with Crippen molar-refractivity contribution in [2.24, 2.45) is 0 Å². The quantitative estimate of drug-likeness (QED) is 0.658. The normalized spacial score (nSPS) is 12.0. The average Bonchev–Trinajstić information content (AvgIpc) is 2.66. The van der Waals surface area contributed by atoms with Gasteiger partial charge in [0.25, 0.3) is 0 Å². The Balaban J connectivity index is 2.11. The number of hydrogen-bond acceptors (Lipinski definition) is 5. The topological polar surface area (TPSA) is 68.7 Å². The number of benzene rings is 1. The van der Waals surface area contributed by atoms with Gasteiger partial charge < -0.3 is 14.6 Å². The van der Waals surface area contributed by atoms with Crippen LogP contribution in [0.5, 0.6) is 5.75 Å². The number of esters is 1. The van der Waals surface area contributed by atoms with E-state index >= 15 is 0 Å². The fourth-order valence-electron chi connectivity index (χ4n) is 2.93. The van der Waals surface area contributed by atoms with Crippen LogP contribution in [0, 0.1) is 0 Å². The monoisotopic (exact) mass is 371 g/mol. The zero-order chi connectivity index (χ0) is 19.9. The molecule has 5 nitrogen and oxygen atoms in total. The van der Waals surface area contributed by atoms with Crippen molar-refractivity contribution >= 4 is 5.97 Å². The maximum absolute atomic E-state index is 12.3. The van der Waals surface area contributed by atoms with E-state index in [0.717, 1.165) is 18.4 Å². The van der Waals surface area contributed by atoms with Gasteiger partial charge in [0.05, 0.1) is 29.6 Å². The van der Waals surface area contributed by atoms with Gasteiger partial charge in [0.15, 0.2) is 0 Å². The van der Waals surface area contributed by atoms with Crippen LogP contribution in [0.1, 0.15) is 62.9 Å². The van der Waals surface area contributed by atoms with E-state index in [1.807, 2.05) is 12.1 Å². The molecule has 146 valence electrons. The minimum Gasteiger partial charge on any atom is -0.421 e. The molecule has 5 heteroatoms. The van der Waals surface area contributed by atoms with Crippen LogP contribution in [0.25, 0.3) is 0 Å². The van der Waals surface area contributed by atoms with Crippen molar-refractivity contribution in [3.8, 4) is 5.75 Å². The number of nitrogens with zero attached hydrogens (tertiary/aromatic N) is 1. The summed E-state index contributed by atoms with van der Waals surface area (Å²) >= 11 is 0. The Morgan fingerprint density at radius 2 is 1.78 bits per heavy atom. The molecule has 27 heavy (non-hydrogen) atoms. The summed E-state index contributed by atoms with van der Waals surface area (Å²) < 4.78 is 11.5. The molecule has 0 amide bonds. The van der Waals surface area contributed by atoms with Gasteiger partial charge in [-0.05, 0) is 62.9 Å². The summed E-state index contributed by atoms with van der Waals surface area (Å²) in [5.41, 5.74) is 0.297. The van der Waals surface area contributed by atoms with E-state index in [4.69, 9.17) is 9.47 Å². The van der Waals surface area contributed by atoms with Crippen LogP contribution in [0.3, 0.4) is 0 Å². The molecule has 0 bridgehead atoms. The van der Waals surface area contributed by atoms with Gasteiger partial charge in [-0.1, -0.05) is 26.0 Å². The molecule has 1 aromatic heterocycles. The molecule has 0 fully saturated rings. The van der Waals surface area contributed by atoms with Crippen LogP contribution in [0.2, 0.25) is 0 Å². The molecule has 2 rings (SSSR count). The molecule has 0 radical (unpaired) electrons. The van der Waals surface area contributed by atoms with Crippen LogP contribution in [0.15, 0.2) is 48.8 Å². The van der Waals surface area contributed by atoms with Gasteiger partial charge in [0.1, 0.15) is 5.75 Å². The first-order valence-corrected chi connectivity index (χ1v) is 9.39. The Bertz CT molecular complexity index is 716. The SMILES string of the molecule is CCC(CC)(OCCC(C)(C)O)c1ccc(C(=O)Oc2cccnc2)cc1. The number of aliphatic hydroxyl groups is 1. The Labute approximate surface area is 161 Å². The van der Waals surface area contributed by atoms with Crippen molar-refractivity contribution in [3.63, 3.8) is 0 Å². The molecule has 1 aromatic carbocycles. The number of carbonyl (C=O) groups is 1. The smallest absolute Gasteiger partial charge is 0.343 e. The molecule has 2 aromatic rings. The highest BCUT2D eigenvalue weighted by Crippen LogP contribution is 2.34. The highest BCUT2D eigenvalue weighted by Gasteiger charge is 2.30.